The second-order valence-electron chi connectivity index (χ2n) is 6.97. The van der Waals surface area contributed by atoms with Crippen molar-refractivity contribution >= 4 is 56.4 Å². The Bertz CT molecular complexity index is 1220. The van der Waals surface area contributed by atoms with Crippen LogP contribution < -0.4 is 10.1 Å². The van der Waals surface area contributed by atoms with E-state index >= 15 is 0 Å². The number of nitrogens with zero attached hydrogens (tertiary/aromatic N) is 1. The number of carbonyl (C=O) groups excluding carboxylic acids is 1. The first-order valence-electron chi connectivity index (χ1n) is 9.91. The fourth-order valence-electron chi connectivity index (χ4n) is 2.98. The van der Waals surface area contributed by atoms with E-state index < -0.39 is 22.5 Å². The van der Waals surface area contributed by atoms with Gasteiger partial charge in [0.25, 0.3) is 0 Å². The lowest BCUT2D eigenvalue weighted by atomic mass is 10.2. The highest BCUT2D eigenvalue weighted by Gasteiger charge is 2.27. The summed E-state index contributed by atoms with van der Waals surface area (Å²) in [6.07, 6.45) is 0. The summed E-state index contributed by atoms with van der Waals surface area (Å²) in [5, 5.41) is 3.82. The van der Waals surface area contributed by atoms with Gasteiger partial charge in [0.2, 0.25) is 15.9 Å². The molecular formula is C23H21Cl3N2O4S. The molecule has 0 spiro atoms. The minimum absolute atomic E-state index is 0.00542. The van der Waals surface area contributed by atoms with Gasteiger partial charge in [-0.1, -0.05) is 40.9 Å². The lowest BCUT2D eigenvalue weighted by Crippen LogP contribution is -2.37. The van der Waals surface area contributed by atoms with Gasteiger partial charge in [-0.05, 0) is 73.2 Å². The largest absolute Gasteiger partial charge is 0.494 e. The van der Waals surface area contributed by atoms with Crippen LogP contribution in [0.25, 0.3) is 0 Å². The number of amides is 1. The van der Waals surface area contributed by atoms with Crippen molar-refractivity contribution in [2.45, 2.75) is 18.4 Å². The average molecular weight is 528 g/mol. The van der Waals surface area contributed by atoms with Gasteiger partial charge in [0.05, 0.1) is 18.0 Å². The molecule has 3 aromatic carbocycles. The van der Waals surface area contributed by atoms with E-state index in [1.54, 1.807) is 36.4 Å². The van der Waals surface area contributed by atoms with Crippen LogP contribution in [0.3, 0.4) is 0 Å². The Balaban J connectivity index is 1.85. The summed E-state index contributed by atoms with van der Waals surface area (Å²) in [6, 6.07) is 17.3. The number of benzene rings is 3. The quantitative estimate of drug-likeness (QED) is 0.377. The molecule has 10 heteroatoms. The minimum Gasteiger partial charge on any atom is -0.494 e. The zero-order valence-electron chi connectivity index (χ0n) is 17.6. The highest BCUT2D eigenvalue weighted by molar-refractivity contribution is 7.89. The van der Waals surface area contributed by atoms with Crippen LogP contribution in [0.4, 0.5) is 5.69 Å². The molecule has 0 saturated heterocycles. The summed E-state index contributed by atoms with van der Waals surface area (Å²) in [6.45, 7) is 1.84. The summed E-state index contributed by atoms with van der Waals surface area (Å²) < 4.78 is 33.1. The molecule has 1 N–H and O–H groups in total. The first-order chi connectivity index (χ1) is 15.7. The van der Waals surface area contributed by atoms with Gasteiger partial charge in [-0.15, -0.1) is 0 Å². The molecule has 0 radical (unpaired) electrons. The number of anilines is 1. The van der Waals surface area contributed by atoms with Crippen molar-refractivity contribution in [2.24, 2.45) is 0 Å². The smallest absolute Gasteiger partial charge is 0.243 e. The van der Waals surface area contributed by atoms with E-state index in [0.717, 1.165) is 4.31 Å². The van der Waals surface area contributed by atoms with Crippen LogP contribution in [-0.4, -0.2) is 31.8 Å². The highest BCUT2D eigenvalue weighted by atomic mass is 35.5. The van der Waals surface area contributed by atoms with Crippen molar-refractivity contribution in [3.8, 4) is 5.75 Å². The van der Waals surface area contributed by atoms with E-state index in [4.69, 9.17) is 39.5 Å². The van der Waals surface area contributed by atoms with Gasteiger partial charge in [-0.25, -0.2) is 8.42 Å². The summed E-state index contributed by atoms with van der Waals surface area (Å²) in [7, 11) is -4.04. The Morgan fingerprint density at radius 2 is 1.58 bits per heavy atom. The number of ether oxygens (including phenoxy) is 1. The molecule has 3 aromatic rings. The molecule has 0 aliphatic heterocycles. The van der Waals surface area contributed by atoms with E-state index in [1.807, 2.05) is 6.92 Å². The molecule has 0 unspecified atom stereocenters. The van der Waals surface area contributed by atoms with Crippen molar-refractivity contribution in [2.75, 3.05) is 18.5 Å². The van der Waals surface area contributed by atoms with Crippen molar-refractivity contribution in [3.05, 3.63) is 87.4 Å². The number of hydrogen-bond donors (Lipinski definition) is 1. The number of hydrogen-bond acceptors (Lipinski definition) is 4. The second-order valence-corrected chi connectivity index (χ2v) is 10.2. The number of rotatable bonds is 9. The zero-order valence-corrected chi connectivity index (χ0v) is 20.7. The van der Waals surface area contributed by atoms with Crippen LogP contribution in [0.15, 0.2) is 71.6 Å². The van der Waals surface area contributed by atoms with Crippen LogP contribution >= 0.6 is 34.8 Å². The molecule has 0 saturated carbocycles. The van der Waals surface area contributed by atoms with Gasteiger partial charge in [-0.3, -0.25) is 4.79 Å². The molecule has 174 valence electrons. The minimum atomic E-state index is -4.04. The monoisotopic (exact) mass is 526 g/mol. The van der Waals surface area contributed by atoms with Gasteiger partial charge in [0.15, 0.2) is 0 Å². The number of nitrogens with one attached hydrogen (secondary N) is 1. The van der Waals surface area contributed by atoms with E-state index in [1.165, 1.54) is 30.3 Å². The molecule has 0 aliphatic carbocycles. The summed E-state index contributed by atoms with van der Waals surface area (Å²) in [5.74, 6) is 0.154. The average Bonchev–Trinajstić information content (AvgIpc) is 2.77. The fourth-order valence-corrected chi connectivity index (χ4v) is 4.95. The van der Waals surface area contributed by atoms with Gasteiger partial charge in [0.1, 0.15) is 5.75 Å². The van der Waals surface area contributed by atoms with E-state index in [2.05, 4.69) is 5.32 Å². The molecule has 0 aromatic heterocycles. The van der Waals surface area contributed by atoms with E-state index in [9.17, 15) is 13.2 Å². The Hall–Kier alpha value is -2.29. The molecule has 0 bridgehead atoms. The molecular weight excluding hydrogens is 507 g/mol. The van der Waals surface area contributed by atoms with Crippen LogP contribution in [0.5, 0.6) is 5.75 Å². The van der Waals surface area contributed by atoms with Crippen LogP contribution in [0.2, 0.25) is 15.1 Å². The molecule has 33 heavy (non-hydrogen) atoms. The fraction of sp³-hybridized carbons (Fsp3) is 0.174. The Labute approximate surface area is 208 Å². The number of carbonyl (C=O) groups is 1. The maximum Gasteiger partial charge on any atom is 0.243 e. The van der Waals surface area contributed by atoms with Crippen molar-refractivity contribution in [1.82, 2.24) is 4.31 Å². The summed E-state index contributed by atoms with van der Waals surface area (Å²) >= 11 is 18.1. The third-order valence-electron chi connectivity index (χ3n) is 4.58. The normalized spacial score (nSPS) is 11.4. The van der Waals surface area contributed by atoms with Crippen LogP contribution in [0, 0.1) is 0 Å². The number of halogens is 3. The van der Waals surface area contributed by atoms with Crippen molar-refractivity contribution in [3.63, 3.8) is 0 Å². The Morgan fingerprint density at radius 1 is 0.939 bits per heavy atom. The second kappa shape index (κ2) is 11.2. The first-order valence-corrected chi connectivity index (χ1v) is 12.5. The molecule has 3 rings (SSSR count). The van der Waals surface area contributed by atoms with Crippen molar-refractivity contribution in [1.29, 1.82) is 0 Å². The Morgan fingerprint density at radius 3 is 2.18 bits per heavy atom. The van der Waals surface area contributed by atoms with Gasteiger partial charge in [0, 0.05) is 27.3 Å². The maximum absolute atomic E-state index is 13.3. The van der Waals surface area contributed by atoms with Gasteiger partial charge in [-0.2, -0.15) is 4.31 Å². The van der Waals surface area contributed by atoms with Gasteiger partial charge < -0.3 is 10.1 Å². The molecule has 0 heterocycles. The van der Waals surface area contributed by atoms with Crippen LogP contribution in [0.1, 0.15) is 12.5 Å². The molecule has 0 aliphatic rings. The predicted molar refractivity (Wildman–Crippen MR) is 132 cm³/mol. The van der Waals surface area contributed by atoms with Crippen molar-refractivity contribution < 1.29 is 17.9 Å². The molecule has 1 amide bonds. The lowest BCUT2D eigenvalue weighted by Gasteiger charge is -2.22. The predicted octanol–water partition coefficient (Wildman–Crippen LogP) is 5.88. The highest BCUT2D eigenvalue weighted by Crippen LogP contribution is 2.26. The maximum atomic E-state index is 13.3. The zero-order chi connectivity index (χ0) is 24.0. The van der Waals surface area contributed by atoms with Gasteiger partial charge >= 0.3 is 0 Å². The van der Waals surface area contributed by atoms with E-state index in [-0.39, 0.29) is 11.4 Å². The number of sulfonamides is 1. The summed E-state index contributed by atoms with van der Waals surface area (Å²) in [5.41, 5.74) is 1.02. The molecule has 6 nitrogen and oxygen atoms in total. The standard InChI is InChI=1S/C23H21Cl3N2O4S/c1-2-32-20-9-7-19(8-10-20)27-23(29)15-28(14-16-3-4-18(25)13-22(16)26)33(30,31)21-11-5-17(24)6-12-21/h3-13H,2,14-15H2,1H3,(H,27,29). The topological polar surface area (TPSA) is 75.7 Å². The van der Waals surface area contributed by atoms with E-state index in [0.29, 0.717) is 38.7 Å². The van der Waals surface area contributed by atoms with Crippen LogP contribution in [-0.2, 0) is 21.4 Å². The third kappa shape index (κ3) is 6.85. The Kier molecular flexibility index (Phi) is 8.62. The molecule has 0 atom stereocenters. The summed E-state index contributed by atoms with van der Waals surface area (Å²) in [4.78, 5) is 12.8. The first kappa shape index (κ1) is 25.3. The molecule has 0 fully saturated rings. The SMILES string of the molecule is CCOc1ccc(NC(=O)CN(Cc2ccc(Cl)cc2Cl)S(=O)(=O)c2ccc(Cl)cc2)cc1. The third-order valence-corrected chi connectivity index (χ3v) is 7.23. The lowest BCUT2D eigenvalue weighted by molar-refractivity contribution is -0.116.